The summed E-state index contributed by atoms with van der Waals surface area (Å²) in [5.41, 5.74) is 2.21. The fourth-order valence-corrected chi connectivity index (χ4v) is 4.60. The molecule has 2 aromatic rings. The summed E-state index contributed by atoms with van der Waals surface area (Å²) in [6.45, 7) is -0.900. The Balaban J connectivity index is 1.61. The number of fused-ring (bicyclic) bond motifs is 1. The molecule has 2 heterocycles. The summed E-state index contributed by atoms with van der Waals surface area (Å²) in [6.07, 6.45) is -4.38. The van der Waals surface area contributed by atoms with Crippen LogP contribution in [0.2, 0.25) is 0 Å². The van der Waals surface area contributed by atoms with E-state index in [0.29, 0.717) is 17.1 Å². The van der Waals surface area contributed by atoms with Gasteiger partial charge in [-0.05, 0) is 35.4 Å². The lowest BCUT2D eigenvalue weighted by molar-refractivity contribution is -0.277. The molecule has 0 saturated carbocycles. The molecule has 0 aromatic heterocycles. The molecule has 6 N–H and O–H groups in total. The van der Waals surface area contributed by atoms with Gasteiger partial charge in [0.1, 0.15) is 30.5 Å². The molecule has 1 saturated heterocycles. The van der Waals surface area contributed by atoms with E-state index in [0.717, 1.165) is 11.1 Å². The molecule has 0 spiro atoms. The minimum absolute atomic E-state index is 0.112. The SMILES string of the molecule is COc1cc([C@H]2Oc3c(OC)cc(/C=C/CO)cc3[C@H]2CO)ccc1O[C@H]1O[C@@H](CO)[C@@H](O)[C@@H](O)[C@@H]1O. The Morgan fingerprint density at radius 2 is 1.62 bits per heavy atom. The molecule has 0 bridgehead atoms. The van der Waals surface area contributed by atoms with Crippen LogP contribution < -0.4 is 18.9 Å². The maximum absolute atomic E-state index is 10.3. The first-order valence-electron chi connectivity index (χ1n) is 11.8. The Morgan fingerprint density at radius 3 is 2.27 bits per heavy atom. The first-order chi connectivity index (χ1) is 17.9. The standard InChI is InChI=1S/C26H32O11/c1-33-18-10-14(5-6-17(18)35-26-23(32)22(31)21(30)20(12-29)36-26)24-16(11-28)15-8-13(4-3-7-27)9-19(34-2)25(15)37-24/h3-6,8-10,16,20-24,26-32H,7,11-12H2,1-2H3/b4-3+/t16-,20+,21-,22-,23+,24-,26+/m1/s1. The van der Waals surface area contributed by atoms with Crippen LogP contribution in [-0.2, 0) is 4.74 Å². The van der Waals surface area contributed by atoms with Crippen LogP contribution in [0.25, 0.3) is 6.08 Å². The van der Waals surface area contributed by atoms with Gasteiger partial charge in [0.25, 0.3) is 0 Å². The van der Waals surface area contributed by atoms with Crippen LogP contribution in [0.4, 0.5) is 0 Å². The Morgan fingerprint density at radius 1 is 0.865 bits per heavy atom. The number of methoxy groups -OCH3 is 2. The highest BCUT2D eigenvalue weighted by Crippen LogP contribution is 2.51. The lowest BCUT2D eigenvalue weighted by atomic mass is 9.90. The van der Waals surface area contributed by atoms with E-state index in [-0.39, 0.29) is 24.7 Å². The van der Waals surface area contributed by atoms with E-state index >= 15 is 0 Å². The Hall–Kier alpha value is -2.90. The topological polar surface area (TPSA) is 168 Å². The zero-order valence-corrected chi connectivity index (χ0v) is 20.4. The second kappa shape index (κ2) is 11.7. The lowest BCUT2D eigenvalue weighted by Crippen LogP contribution is -2.60. The van der Waals surface area contributed by atoms with Gasteiger partial charge < -0.3 is 54.3 Å². The van der Waals surface area contributed by atoms with E-state index in [4.69, 9.17) is 28.8 Å². The highest BCUT2D eigenvalue weighted by Gasteiger charge is 2.45. The summed E-state index contributed by atoms with van der Waals surface area (Å²) < 4.78 is 28.4. The lowest BCUT2D eigenvalue weighted by Gasteiger charge is -2.39. The van der Waals surface area contributed by atoms with Crippen LogP contribution in [0.3, 0.4) is 0 Å². The number of hydrogen-bond donors (Lipinski definition) is 6. The van der Waals surface area contributed by atoms with Crippen LogP contribution in [0.15, 0.2) is 36.4 Å². The summed E-state index contributed by atoms with van der Waals surface area (Å²) in [5.74, 6) is 1.03. The number of benzene rings is 2. The molecule has 37 heavy (non-hydrogen) atoms. The van der Waals surface area contributed by atoms with Crippen LogP contribution in [-0.4, -0.2) is 95.4 Å². The van der Waals surface area contributed by atoms with Gasteiger partial charge in [0.2, 0.25) is 6.29 Å². The fourth-order valence-electron chi connectivity index (χ4n) is 4.60. The van der Waals surface area contributed by atoms with Gasteiger partial charge in [-0.1, -0.05) is 18.2 Å². The maximum Gasteiger partial charge on any atom is 0.229 e. The maximum atomic E-state index is 10.3. The van der Waals surface area contributed by atoms with Crippen molar-refractivity contribution in [2.24, 2.45) is 0 Å². The number of ether oxygens (including phenoxy) is 5. The highest BCUT2D eigenvalue weighted by atomic mass is 16.7. The molecule has 2 aromatic carbocycles. The van der Waals surface area contributed by atoms with Crippen molar-refractivity contribution in [1.29, 1.82) is 0 Å². The summed E-state index contributed by atoms with van der Waals surface area (Å²) in [4.78, 5) is 0. The van der Waals surface area contributed by atoms with Gasteiger partial charge in [-0.3, -0.25) is 0 Å². The van der Waals surface area contributed by atoms with Crippen molar-refractivity contribution in [2.75, 3.05) is 34.0 Å². The first-order valence-corrected chi connectivity index (χ1v) is 11.8. The van der Waals surface area contributed by atoms with E-state index in [1.807, 2.05) is 6.07 Å². The van der Waals surface area contributed by atoms with Gasteiger partial charge in [0.05, 0.1) is 40.0 Å². The number of hydrogen-bond acceptors (Lipinski definition) is 11. The van der Waals surface area contributed by atoms with Crippen molar-refractivity contribution in [1.82, 2.24) is 0 Å². The molecule has 2 aliphatic rings. The smallest absolute Gasteiger partial charge is 0.229 e. The fraction of sp³-hybridized carbons (Fsp3) is 0.462. The van der Waals surface area contributed by atoms with Gasteiger partial charge in [0.15, 0.2) is 23.0 Å². The van der Waals surface area contributed by atoms with E-state index in [1.54, 1.807) is 36.4 Å². The number of rotatable bonds is 9. The van der Waals surface area contributed by atoms with Gasteiger partial charge in [-0.15, -0.1) is 0 Å². The van der Waals surface area contributed by atoms with Gasteiger partial charge >= 0.3 is 0 Å². The van der Waals surface area contributed by atoms with Gasteiger partial charge in [0, 0.05) is 5.56 Å². The minimum Gasteiger partial charge on any atom is -0.493 e. The second-order valence-corrected chi connectivity index (χ2v) is 8.78. The van der Waals surface area contributed by atoms with E-state index < -0.39 is 49.3 Å². The normalized spacial score (nSPS) is 29.1. The van der Waals surface area contributed by atoms with Crippen LogP contribution in [0, 0.1) is 0 Å². The van der Waals surface area contributed by atoms with Crippen LogP contribution in [0.1, 0.15) is 28.7 Å². The summed E-state index contributed by atoms with van der Waals surface area (Å²) in [5, 5.41) is 59.1. The third-order valence-electron chi connectivity index (χ3n) is 6.56. The molecule has 0 unspecified atom stereocenters. The van der Waals surface area contributed by atoms with Crippen molar-refractivity contribution in [3.8, 4) is 23.0 Å². The average Bonchev–Trinajstić information content (AvgIpc) is 3.30. The van der Waals surface area contributed by atoms with Gasteiger partial charge in [-0.25, -0.2) is 0 Å². The number of aliphatic hydroxyl groups is 6. The summed E-state index contributed by atoms with van der Waals surface area (Å²) in [7, 11) is 2.95. The predicted molar refractivity (Wildman–Crippen MR) is 130 cm³/mol. The predicted octanol–water partition coefficient (Wildman–Crippen LogP) is 0.0976. The molecule has 11 heteroatoms. The molecule has 1 fully saturated rings. The summed E-state index contributed by atoms with van der Waals surface area (Å²) in [6, 6.07) is 8.60. The molecular weight excluding hydrogens is 488 g/mol. The quantitative estimate of drug-likeness (QED) is 0.265. The van der Waals surface area contributed by atoms with Crippen LogP contribution >= 0.6 is 0 Å². The molecular formula is C26H32O11. The monoisotopic (exact) mass is 520 g/mol. The van der Waals surface area contributed by atoms with Crippen molar-refractivity contribution in [3.63, 3.8) is 0 Å². The minimum atomic E-state index is -1.58. The molecule has 0 amide bonds. The average molecular weight is 521 g/mol. The Bertz CT molecular complexity index is 1100. The molecule has 4 rings (SSSR count). The molecule has 11 nitrogen and oxygen atoms in total. The molecule has 202 valence electrons. The highest BCUT2D eigenvalue weighted by molar-refractivity contribution is 5.62. The second-order valence-electron chi connectivity index (χ2n) is 8.78. The molecule has 0 radical (unpaired) electrons. The van der Waals surface area contributed by atoms with Crippen molar-refractivity contribution in [2.45, 2.75) is 42.7 Å². The van der Waals surface area contributed by atoms with Crippen molar-refractivity contribution < 1.29 is 54.3 Å². The first kappa shape index (κ1) is 27.1. The third kappa shape index (κ3) is 5.25. The van der Waals surface area contributed by atoms with Gasteiger partial charge in [-0.2, -0.15) is 0 Å². The Kier molecular flexibility index (Phi) is 8.55. The zero-order valence-electron chi connectivity index (χ0n) is 20.4. The third-order valence-corrected chi connectivity index (χ3v) is 6.56. The Labute approximate surface area is 213 Å². The number of aliphatic hydroxyl groups excluding tert-OH is 6. The largest absolute Gasteiger partial charge is 0.493 e. The molecule has 0 aliphatic carbocycles. The van der Waals surface area contributed by atoms with E-state index in [1.165, 1.54) is 14.2 Å². The van der Waals surface area contributed by atoms with Crippen molar-refractivity contribution in [3.05, 3.63) is 53.1 Å². The molecule has 2 aliphatic heterocycles. The molecule has 7 atom stereocenters. The van der Waals surface area contributed by atoms with E-state index in [9.17, 15) is 25.5 Å². The van der Waals surface area contributed by atoms with Crippen molar-refractivity contribution >= 4 is 6.08 Å². The zero-order chi connectivity index (χ0) is 26.7. The summed E-state index contributed by atoms with van der Waals surface area (Å²) >= 11 is 0. The van der Waals surface area contributed by atoms with Crippen LogP contribution in [0.5, 0.6) is 23.0 Å². The van der Waals surface area contributed by atoms with E-state index in [2.05, 4.69) is 0 Å².